The minimum Gasteiger partial charge on any atom is -0.334 e. The van der Waals surface area contributed by atoms with Crippen molar-refractivity contribution in [3.05, 3.63) is 38.9 Å². The van der Waals surface area contributed by atoms with Gasteiger partial charge in [0.25, 0.3) is 5.56 Å². The maximum absolute atomic E-state index is 12.0. The molecule has 0 saturated carbocycles. The number of fused-ring (bicyclic) bond motifs is 1. The van der Waals surface area contributed by atoms with Crippen LogP contribution in [0.15, 0.2) is 28.5 Å². The first-order chi connectivity index (χ1) is 9.83. The van der Waals surface area contributed by atoms with Gasteiger partial charge in [-0.25, -0.2) is 0 Å². The lowest BCUT2D eigenvalue weighted by molar-refractivity contribution is 0.715. The summed E-state index contributed by atoms with van der Waals surface area (Å²) in [5.41, 5.74) is 0.399. The molecule has 1 atom stereocenters. The number of rotatable bonds is 2. The Morgan fingerprint density at radius 1 is 1.45 bits per heavy atom. The average molecular weight is 287 g/mol. The van der Waals surface area contributed by atoms with Crippen LogP contribution in [0, 0.1) is 0 Å². The van der Waals surface area contributed by atoms with E-state index in [-0.39, 0.29) is 5.56 Å². The van der Waals surface area contributed by atoms with Crippen molar-refractivity contribution in [3.8, 4) is 0 Å². The van der Waals surface area contributed by atoms with Crippen LogP contribution in [0.1, 0.15) is 23.8 Å². The first-order valence-corrected chi connectivity index (χ1v) is 7.44. The summed E-state index contributed by atoms with van der Waals surface area (Å²) < 4.78 is 0. The van der Waals surface area contributed by atoms with Crippen molar-refractivity contribution in [2.75, 3.05) is 11.4 Å². The largest absolute Gasteiger partial charge is 0.334 e. The summed E-state index contributed by atoms with van der Waals surface area (Å²) in [5, 5.41) is 9.23. The maximum atomic E-state index is 12.0. The predicted molar refractivity (Wildman–Crippen MR) is 78.1 cm³/mol. The van der Waals surface area contributed by atoms with E-state index in [1.165, 1.54) is 11.1 Å². The van der Waals surface area contributed by atoms with Crippen LogP contribution in [0.2, 0.25) is 0 Å². The lowest BCUT2D eigenvalue weighted by atomic mass is 10.2. The summed E-state index contributed by atoms with van der Waals surface area (Å²) in [6.45, 7) is 0.908. The van der Waals surface area contributed by atoms with E-state index in [2.05, 4.69) is 42.6 Å². The van der Waals surface area contributed by atoms with Gasteiger partial charge in [-0.3, -0.25) is 14.9 Å². The quantitative estimate of drug-likeness (QED) is 0.756. The molecule has 20 heavy (non-hydrogen) atoms. The molecule has 0 amide bonds. The molecule has 0 radical (unpaired) electrons. The van der Waals surface area contributed by atoms with Crippen LogP contribution in [0.3, 0.4) is 0 Å². The number of aromatic amines is 2. The highest BCUT2D eigenvalue weighted by Gasteiger charge is 2.28. The first-order valence-electron chi connectivity index (χ1n) is 6.56. The molecule has 1 unspecified atom stereocenters. The van der Waals surface area contributed by atoms with Crippen LogP contribution in [-0.4, -0.2) is 26.7 Å². The van der Waals surface area contributed by atoms with Gasteiger partial charge >= 0.3 is 0 Å². The Kier molecular flexibility index (Phi) is 2.59. The molecule has 102 valence electrons. The number of H-pyrrole nitrogens is 2. The molecule has 1 aliphatic rings. The lowest BCUT2D eigenvalue weighted by Gasteiger charge is -2.24. The number of thiophene rings is 1. The Balaban J connectivity index is 1.79. The van der Waals surface area contributed by atoms with Crippen molar-refractivity contribution < 1.29 is 0 Å². The van der Waals surface area contributed by atoms with Gasteiger partial charge < -0.3 is 4.90 Å². The highest BCUT2D eigenvalue weighted by Crippen LogP contribution is 2.36. The van der Waals surface area contributed by atoms with Gasteiger partial charge in [0.2, 0.25) is 5.95 Å². The smallest absolute Gasteiger partial charge is 0.263 e. The van der Waals surface area contributed by atoms with E-state index in [0.717, 1.165) is 19.4 Å². The van der Waals surface area contributed by atoms with Crippen molar-refractivity contribution in [2.45, 2.75) is 18.9 Å². The zero-order chi connectivity index (χ0) is 13.5. The van der Waals surface area contributed by atoms with Crippen molar-refractivity contribution in [3.63, 3.8) is 0 Å². The van der Waals surface area contributed by atoms with Crippen LogP contribution < -0.4 is 10.5 Å². The second-order valence-electron chi connectivity index (χ2n) is 4.89. The second kappa shape index (κ2) is 4.45. The molecule has 6 nitrogen and oxygen atoms in total. The Labute approximate surface area is 118 Å². The molecule has 1 fully saturated rings. The van der Waals surface area contributed by atoms with Crippen LogP contribution in [-0.2, 0) is 0 Å². The molecule has 1 saturated heterocycles. The Morgan fingerprint density at radius 3 is 3.25 bits per heavy atom. The van der Waals surface area contributed by atoms with Crippen LogP contribution in [0.4, 0.5) is 5.95 Å². The molecular weight excluding hydrogens is 274 g/mol. The Hall–Kier alpha value is -2.15. The van der Waals surface area contributed by atoms with Gasteiger partial charge in [-0.2, -0.15) is 10.1 Å². The zero-order valence-corrected chi connectivity index (χ0v) is 11.5. The summed E-state index contributed by atoms with van der Waals surface area (Å²) in [7, 11) is 0. The summed E-state index contributed by atoms with van der Waals surface area (Å²) in [4.78, 5) is 22.9. The van der Waals surface area contributed by atoms with Gasteiger partial charge in [0, 0.05) is 11.4 Å². The summed E-state index contributed by atoms with van der Waals surface area (Å²) >= 11 is 1.75. The molecule has 0 spiro atoms. The molecule has 1 aliphatic heterocycles. The molecule has 0 aliphatic carbocycles. The number of hydrogen-bond acceptors (Lipinski definition) is 5. The molecule has 7 heteroatoms. The molecule has 0 bridgehead atoms. The van der Waals surface area contributed by atoms with E-state index in [1.54, 1.807) is 11.3 Å². The van der Waals surface area contributed by atoms with E-state index in [0.29, 0.717) is 23.0 Å². The highest BCUT2D eigenvalue weighted by atomic mass is 32.1. The summed E-state index contributed by atoms with van der Waals surface area (Å²) in [5.74, 6) is 0.627. The standard InChI is InChI=1S/C13H13N5OS/c19-12-8-7-14-17-11(8)15-13(16-12)18-5-1-3-9(18)10-4-2-6-20-10/h2,4,6-7,9H,1,3,5H2,(H2,14,15,16,17,19). The summed E-state index contributed by atoms with van der Waals surface area (Å²) in [6.07, 6.45) is 3.70. The minimum atomic E-state index is -0.143. The van der Waals surface area contributed by atoms with Crippen LogP contribution >= 0.6 is 11.3 Å². The fourth-order valence-corrected chi connectivity index (χ4v) is 3.64. The molecule has 3 aromatic rings. The van der Waals surface area contributed by atoms with E-state index >= 15 is 0 Å². The molecule has 3 aromatic heterocycles. The van der Waals surface area contributed by atoms with Gasteiger partial charge in [-0.05, 0) is 24.3 Å². The second-order valence-corrected chi connectivity index (χ2v) is 5.87. The minimum absolute atomic E-state index is 0.143. The van der Waals surface area contributed by atoms with E-state index in [9.17, 15) is 4.79 Å². The fraction of sp³-hybridized carbons (Fsp3) is 0.308. The van der Waals surface area contributed by atoms with Crippen molar-refractivity contribution >= 4 is 28.3 Å². The maximum Gasteiger partial charge on any atom is 0.263 e. The van der Waals surface area contributed by atoms with Crippen molar-refractivity contribution in [2.24, 2.45) is 0 Å². The van der Waals surface area contributed by atoms with Crippen LogP contribution in [0.25, 0.3) is 11.0 Å². The van der Waals surface area contributed by atoms with E-state index in [4.69, 9.17) is 0 Å². The van der Waals surface area contributed by atoms with Gasteiger partial charge in [-0.15, -0.1) is 11.3 Å². The van der Waals surface area contributed by atoms with Crippen molar-refractivity contribution in [1.29, 1.82) is 0 Å². The van der Waals surface area contributed by atoms with E-state index < -0.39 is 0 Å². The number of aromatic nitrogens is 4. The number of nitrogens with one attached hydrogen (secondary N) is 2. The number of anilines is 1. The van der Waals surface area contributed by atoms with Crippen molar-refractivity contribution in [1.82, 2.24) is 20.2 Å². The van der Waals surface area contributed by atoms with Gasteiger partial charge in [0.1, 0.15) is 5.39 Å². The third-order valence-corrected chi connectivity index (χ3v) is 4.68. The van der Waals surface area contributed by atoms with Gasteiger partial charge in [0.15, 0.2) is 5.65 Å². The molecule has 2 N–H and O–H groups in total. The third kappa shape index (κ3) is 1.74. The van der Waals surface area contributed by atoms with Gasteiger partial charge in [-0.1, -0.05) is 6.07 Å². The normalized spacial score (nSPS) is 19.0. The van der Waals surface area contributed by atoms with E-state index in [1.807, 2.05) is 0 Å². The Morgan fingerprint density at radius 2 is 2.40 bits per heavy atom. The molecule has 4 heterocycles. The topological polar surface area (TPSA) is 77.7 Å². The predicted octanol–water partition coefficient (Wildman–Crippen LogP) is 2.05. The average Bonchev–Trinajstić information content (AvgIpc) is 3.18. The Bertz CT molecular complexity index is 791. The monoisotopic (exact) mass is 287 g/mol. The number of nitrogens with zero attached hydrogens (tertiary/aromatic N) is 3. The molecular formula is C13H13N5OS. The SMILES string of the molecule is O=c1[nH]c(N2CCCC2c2cccs2)nc2[nH]ncc12. The lowest BCUT2D eigenvalue weighted by Crippen LogP contribution is -2.26. The third-order valence-electron chi connectivity index (χ3n) is 3.70. The molecule has 4 rings (SSSR count). The zero-order valence-electron chi connectivity index (χ0n) is 10.7. The van der Waals surface area contributed by atoms with Gasteiger partial charge in [0.05, 0.1) is 12.2 Å². The first kappa shape index (κ1) is 11.7. The highest BCUT2D eigenvalue weighted by molar-refractivity contribution is 7.10. The molecule has 0 aromatic carbocycles. The fourth-order valence-electron chi connectivity index (χ4n) is 2.77. The number of hydrogen-bond donors (Lipinski definition) is 2. The summed E-state index contributed by atoms with van der Waals surface area (Å²) in [6, 6.07) is 4.50. The van der Waals surface area contributed by atoms with Crippen LogP contribution in [0.5, 0.6) is 0 Å².